The van der Waals surface area contributed by atoms with E-state index in [0.717, 1.165) is 0 Å². The lowest BCUT2D eigenvalue weighted by Gasteiger charge is -2.39. The number of ether oxygens (including phenoxy) is 3. The highest BCUT2D eigenvalue weighted by molar-refractivity contribution is 5.65. The summed E-state index contributed by atoms with van der Waals surface area (Å²) in [4.78, 5) is 0. The van der Waals surface area contributed by atoms with Gasteiger partial charge in [-0.25, -0.2) is 0 Å². The zero-order valence-corrected chi connectivity index (χ0v) is 24.1. The highest BCUT2D eigenvalue weighted by atomic mass is 16.7. The van der Waals surface area contributed by atoms with Crippen LogP contribution < -0.4 is 9.47 Å². The molecule has 0 saturated carbocycles. The molecule has 2 aliphatic heterocycles. The van der Waals surface area contributed by atoms with Crippen LogP contribution in [0.4, 0.5) is 0 Å². The highest BCUT2D eigenvalue weighted by Gasteiger charge is 2.48. The largest absolute Gasteiger partial charge is 0.508 e. The second-order valence-corrected chi connectivity index (χ2v) is 11.8. The minimum absolute atomic E-state index is 0.000276. The Morgan fingerprint density at radius 3 is 1.93 bits per heavy atom. The molecule has 0 radical (unpaired) electrons. The van der Waals surface area contributed by atoms with E-state index in [4.69, 9.17) is 14.2 Å². The quantitative estimate of drug-likeness (QED) is 0.155. The van der Waals surface area contributed by atoms with Crippen LogP contribution >= 0.6 is 0 Å². The van der Waals surface area contributed by atoms with Crippen molar-refractivity contribution in [1.82, 2.24) is 0 Å². The van der Waals surface area contributed by atoms with Gasteiger partial charge < -0.3 is 60.2 Å². The van der Waals surface area contributed by atoms with Gasteiger partial charge in [0.1, 0.15) is 65.0 Å². The molecule has 4 aromatic rings. The molecule has 0 bridgehead atoms. The van der Waals surface area contributed by atoms with Gasteiger partial charge in [-0.3, -0.25) is 0 Å². The molecule has 0 spiro atoms. The van der Waals surface area contributed by atoms with Crippen LogP contribution in [0.15, 0.2) is 72.8 Å². The van der Waals surface area contributed by atoms with Crippen molar-refractivity contribution in [1.29, 1.82) is 0 Å². The van der Waals surface area contributed by atoms with Crippen molar-refractivity contribution in [2.75, 3.05) is 6.61 Å². The molecule has 12 heteroatoms. The Hall–Kier alpha value is -4.56. The van der Waals surface area contributed by atoms with E-state index in [0.29, 0.717) is 33.4 Å². The summed E-state index contributed by atoms with van der Waals surface area (Å²) in [5.41, 5.74) is 2.87. The van der Waals surface area contributed by atoms with Gasteiger partial charge in [0.15, 0.2) is 0 Å². The maximum Gasteiger partial charge on any atom is 0.229 e. The average molecular weight is 633 g/mol. The van der Waals surface area contributed by atoms with Crippen LogP contribution in [0.25, 0.3) is 0 Å². The number of hydrogen-bond donors (Lipinski definition) is 9. The second kappa shape index (κ2) is 11.4. The van der Waals surface area contributed by atoms with Gasteiger partial charge in [0.05, 0.1) is 18.6 Å². The van der Waals surface area contributed by atoms with Crippen LogP contribution in [-0.2, 0) is 4.74 Å². The van der Waals surface area contributed by atoms with Crippen molar-refractivity contribution in [2.45, 2.75) is 54.7 Å². The number of aliphatic hydroxyl groups excluding tert-OH is 5. The first kappa shape index (κ1) is 30.1. The fraction of sp³-hybridized carbons (Fsp3) is 0.294. The number of aliphatic hydroxyl groups is 5. The summed E-state index contributed by atoms with van der Waals surface area (Å²) in [6, 6.07) is 18.3. The first-order chi connectivity index (χ1) is 22.0. The molecule has 3 aliphatic rings. The first-order valence-corrected chi connectivity index (χ1v) is 14.7. The molecule has 0 unspecified atom stereocenters. The SMILES string of the molecule is OC[C@H]1O[C@@H](Oc2cc3c4c(c2)[C@@H](O)[C@@H](c2ccc(O)cc2)c2c(O)cc(O)cc2[C@H]4[C@H](c2ccc(O)cc2)O3)[C@H](O)[C@@H](O)[C@@H]1O. The van der Waals surface area contributed by atoms with Crippen LogP contribution in [0, 0.1) is 0 Å². The number of fused-ring (bicyclic) bond motifs is 2. The molecule has 46 heavy (non-hydrogen) atoms. The number of aromatic hydroxyl groups is 4. The molecular formula is C34H32O12. The van der Waals surface area contributed by atoms with Crippen molar-refractivity contribution in [2.24, 2.45) is 0 Å². The standard InChI is InChI=1S/C34H32O12/c35-13-24-30(41)31(42)32(43)34(46-24)44-19-11-21-27-23(12-19)45-33(15-3-7-17(37)8-4-15)28(27)20-9-18(38)10-22(39)26(20)25(29(21)40)14-1-5-16(36)6-2-14/h1-12,24-25,28-43H,13H2/t24-,25+,28-,29-,30-,31+,32-,33+,34-/m1/s1. The van der Waals surface area contributed by atoms with E-state index >= 15 is 0 Å². The summed E-state index contributed by atoms with van der Waals surface area (Å²) in [5.74, 6) is -1.69. The zero-order chi connectivity index (χ0) is 32.4. The molecule has 0 aromatic heterocycles. The summed E-state index contributed by atoms with van der Waals surface area (Å²) in [6.45, 7) is -0.652. The molecule has 2 heterocycles. The van der Waals surface area contributed by atoms with Crippen molar-refractivity contribution in [3.63, 3.8) is 0 Å². The van der Waals surface area contributed by atoms with Gasteiger partial charge in [-0.05, 0) is 58.7 Å². The third kappa shape index (κ3) is 4.87. The molecule has 0 amide bonds. The van der Waals surface area contributed by atoms with Gasteiger partial charge in [0, 0.05) is 29.2 Å². The van der Waals surface area contributed by atoms with E-state index < -0.39 is 61.4 Å². The normalized spacial score (nSPS) is 29.7. The van der Waals surface area contributed by atoms with Crippen LogP contribution in [0.1, 0.15) is 57.4 Å². The maximum absolute atomic E-state index is 12.2. The monoisotopic (exact) mass is 632 g/mol. The molecule has 1 fully saturated rings. The fourth-order valence-corrected chi connectivity index (χ4v) is 6.87. The van der Waals surface area contributed by atoms with E-state index in [1.807, 2.05) is 0 Å². The fourth-order valence-electron chi connectivity index (χ4n) is 6.87. The predicted octanol–water partition coefficient (Wildman–Crippen LogP) is 2.13. The van der Waals surface area contributed by atoms with Gasteiger partial charge in [-0.1, -0.05) is 24.3 Å². The molecule has 12 nitrogen and oxygen atoms in total. The molecule has 4 aromatic carbocycles. The summed E-state index contributed by atoms with van der Waals surface area (Å²) < 4.78 is 18.0. The Morgan fingerprint density at radius 1 is 0.630 bits per heavy atom. The van der Waals surface area contributed by atoms with E-state index in [1.54, 1.807) is 24.3 Å². The first-order valence-electron chi connectivity index (χ1n) is 14.7. The minimum atomic E-state index is -1.69. The van der Waals surface area contributed by atoms with Gasteiger partial charge in [0.25, 0.3) is 0 Å². The molecule has 7 rings (SSSR count). The predicted molar refractivity (Wildman–Crippen MR) is 159 cm³/mol. The van der Waals surface area contributed by atoms with Crippen LogP contribution in [0.3, 0.4) is 0 Å². The van der Waals surface area contributed by atoms with Crippen LogP contribution in [-0.4, -0.2) is 83.3 Å². The number of hydrogen-bond acceptors (Lipinski definition) is 12. The molecule has 240 valence electrons. The Morgan fingerprint density at radius 2 is 1.28 bits per heavy atom. The van der Waals surface area contributed by atoms with Gasteiger partial charge in [-0.2, -0.15) is 0 Å². The van der Waals surface area contributed by atoms with Gasteiger partial charge in [0.2, 0.25) is 6.29 Å². The number of rotatable bonds is 5. The number of phenols is 4. The smallest absolute Gasteiger partial charge is 0.229 e. The summed E-state index contributed by atoms with van der Waals surface area (Å²) in [5, 5.41) is 95.0. The lowest BCUT2D eigenvalue weighted by molar-refractivity contribution is -0.277. The Labute approximate surface area is 262 Å². The van der Waals surface area contributed by atoms with Gasteiger partial charge >= 0.3 is 0 Å². The van der Waals surface area contributed by atoms with Gasteiger partial charge in [-0.15, -0.1) is 0 Å². The summed E-state index contributed by atoms with van der Waals surface area (Å²) >= 11 is 0. The molecular weight excluding hydrogens is 600 g/mol. The summed E-state index contributed by atoms with van der Waals surface area (Å²) in [7, 11) is 0. The van der Waals surface area contributed by atoms with E-state index in [-0.39, 0.29) is 34.5 Å². The van der Waals surface area contributed by atoms with Crippen molar-refractivity contribution < 1.29 is 60.2 Å². The lowest BCUT2D eigenvalue weighted by Crippen LogP contribution is -2.60. The lowest BCUT2D eigenvalue weighted by atomic mass is 9.80. The zero-order valence-electron chi connectivity index (χ0n) is 24.1. The number of phenolic OH excluding ortho intramolecular Hbond substituents is 4. The third-order valence-corrected chi connectivity index (χ3v) is 9.05. The van der Waals surface area contributed by atoms with E-state index in [1.165, 1.54) is 48.5 Å². The molecule has 9 N–H and O–H groups in total. The molecule has 1 saturated heterocycles. The average Bonchev–Trinajstić information content (AvgIpc) is 3.37. The summed E-state index contributed by atoms with van der Waals surface area (Å²) in [6.07, 6.45) is -9.80. The number of benzene rings is 4. The van der Waals surface area contributed by atoms with E-state index in [9.17, 15) is 46.0 Å². The van der Waals surface area contributed by atoms with Crippen LogP contribution in [0.2, 0.25) is 0 Å². The molecule has 9 atom stereocenters. The Kier molecular flexibility index (Phi) is 7.43. The highest BCUT2D eigenvalue weighted by Crippen LogP contribution is 2.60. The van der Waals surface area contributed by atoms with E-state index in [2.05, 4.69) is 0 Å². The maximum atomic E-state index is 12.2. The van der Waals surface area contributed by atoms with Crippen LogP contribution in [0.5, 0.6) is 34.5 Å². The molecule has 1 aliphatic carbocycles. The van der Waals surface area contributed by atoms with Crippen molar-refractivity contribution in [3.05, 3.63) is 106 Å². The Balaban J connectivity index is 1.42. The van der Waals surface area contributed by atoms with Crippen molar-refractivity contribution >= 4 is 0 Å². The third-order valence-electron chi connectivity index (χ3n) is 9.05. The second-order valence-electron chi connectivity index (χ2n) is 11.8. The Bertz CT molecular complexity index is 1760. The topological polar surface area (TPSA) is 210 Å². The van der Waals surface area contributed by atoms with Crippen molar-refractivity contribution in [3.8, 4) is 34.5 Å². The minimum Gasteiger partial charge on any atom is -0.508 e.